The Bertz CT molecular complexity index is 341. The third kappa shape index (κ3) is 2.02. The molecule has 0 spiro atoms. The Morgan fingerprint density at radius 2 is 1.60 bits per heavy atom. The van der Waals surface area contributed by atoms with Gasteiger partial charge in [-0.25, -0.2) is 8.78 Å². The summed E-state index contributed by atoms with van der Waals surface area (Å²) in [5.41, 5.74) is 7.28. The van der Waals surface area contributed by atoms with Crippen molar-refractivity contribution < 1.29 is 8.78 Å². The van der Waals surface area contributed by atoms with Crippen molar-refractivity contribution in [3.8, 4) is 0 Å². The van der Waals surface area contributed by atoms with Crippen LogP contribution >= 0.6 is 0 Å². The fourth-order valence-electron chi connectivity index (χ4n) is 1.76. The third-order valence-electron chi connectivity index (χ3n) is 3.34. The standard InChI is InChI=1S/C12H15F2N/c1-12(6-7-12)10(15)8-2-4-9(5-3-8)11(13)14/h2-5,10-11H,6-7,15H2,1H3/t10-/m0/s1. The molecular weight excluding hydrogens is 196 g/mol. The van der Waals surface area contributed by atoms with Gasteiger partial charge in [0.15, 0.2) is 0 Å². The number of hydrogen-bond acceptors (Lipinski definition) is 1. The van der Waals surface area contributed by atoms with Crippen molar-refractivity contribution in [3.63, 3.8) is 0 Å². The molecule has 1 nitrogen and oxygen atoms in total. The molecule has 0 amide bonds. The van der Waals surface area contributed by atoms with E-state index >= 15 is 0 Å². The van der Waals surface area contributed by atoms with Crippen LogP contribution in [0, 0.1) is 5.41 Å². The van der Waals surface area contributed by atoms with Gasteiger partial charge in [0.05, 0.1) is 0 Å². The van der Waals surface area contributed by atoms with E-state index in [-0.39, 0.29) is 17.0 Å². The number of alkyl halides is 2. The summed E-state index contributed by atoms with van der Waals surface area (Å²) in [7, 11) is 0. The summed E-state index contributed by atoms with van der Waals surface area (Å²) in [5, 5.41) is 0. The monoisotopic (exact) mass is 211 g/mol. The van der Waals surface area contributed by atoms with Gasteiger partial charge >= 0.3 is 0 Å². The Morgan fingerprint density at radius 3 is 2.00 bits per heavy atom. The molecule has 0 saturated heterocycles. The Labute approximate surface area is 88.3 Å². The quantitative estimate of drug-likeness (QED) is 0.814. The summed E-state index contributed by atoms with van der Waals surface area (Å²) < 4.78 is 24.6. The highest BCUT2D eigenvalue weighted by Gasteiger charge is 2.43. The Morgan fingerprint density at radius 1 is 1.13 bits per heavy atom. The van der Waals surface area contributed by atoms with Crippen LogP contribution in [0.5, 0.6) is 0 Å². The van der Waals surface area contributed by atoms with Gasteiger partial charge in [-0.3, -0.25) is 0 Å². The highest BCUT2D eigenvalue weighted by molar-refractivity contribution is 5.28. The number of nitrogens with two attached hydrogens (primary N) is 1. The van der Waals surface area contributed by atoms with Crippen LogP contribution in [-0.2, 0) is 0 Å². The van der Waals surface area contributed by atoms with Gasteiger partial charge in [-0.15, -0.1) is 0 Å². The van der Waals surface area contributed by atoms with E-state index in [1.54, 1.807) is 12.1 Å². The summed E-state index contributed by atoms with van der Waals surface area (Å²) in [5.74, 6) is 0. The molecule has 1 aromatic carbocycles. The average Bonchev–Trinajstić information content (AvgIpc) is 2.97. The lowest BCUT2D eigenvalue weighted by Crippen LogP contribution is -2.19. The molecular formula is C12H15F2N. The molecule has 1 aromatic rings. The first-order valence-corrected chi connectivity index (χ1v) is 5.16. The van der Waals surface area contributed by atoms with E-state index in [1.807, 2.05) is 0 Å². The second kappa shape index (κ2) is 3.56. The number of hydrogen-bond donors (Lipinski definition) is 1. The number of halogens is 2. The maximum Gasteiger partial charge on any atom is 0.263 e. The van der Waals surface area contributed by atoms with Crippen LogP contribution in [0.3, 0.4) is 0 Å². The number of benzene rings is 1. The first-order valence-electron chi connectivity index (χ1n) is 5.16. The largest absolute Gasteiger partial charge is 0.323 e. The zero-order valence-electron chi connectivity index (χ0n) is 8.71. The molecule has 0 unspecified atom stereocenters. The maximum atomic E-state index is 12.3. The molecule has 1 aliphatic carbocycles. The summed E-state index contributed by atoms with van der Waals surface area (Å²) in [6.07, 6.45) is -0.137. The van der Waals surface area contributed by atoms with Crippen molar-refractivity contribution in [2.45, 2.75) is 32.2 Å². The van der Waals surface area contributed by atoms with Crippen LogP contribution in [0.15, 0.2) is 24.3 Å². The van der Waals surface area contributed by atoms with E-state index in [1.165, 1.54) is 12.1 Å². The lowest BCUT2D eigenvalue weighted by atomic mass is 9.92. The fourth-order valence-corrected chi connectivity index (χ4v) is 1.76. The maximum absolute atomic E-state index is 12.3. The minimum Gasteiger partial charge on any atom is -0.323 e. The van der Waals surface area contributed by atoms with Crippen molar-refractivity contribution in [2.24, 2.45) is 11.1 Å². The second-order valence-electron chi connectivity index (χ2n) is 4.60. The summed E-state index contributed by atoms with van der Waals surface area (Å²) in [6.45, 7) is 2.14. The lowest BCUT2D eigenvalue weighted by Gasteiger charge is -2.19. The van der Waals surface area contributed by atoms with Crippen LogP contribution in [0.2, 0.25) is 0 Å². The summed E-state index contributed by atoms with van der Waals surface area (Å²) >= 11 is 0. The molecule has 0 bridgehead atoms. The van der Waals surface area contributed by atoms with Gasteiger partial charge < -0.3 is 5.73 Å². The Kier molecular flexibility index (Phi) is 2.51. The zero-order chi connectivity index (χ0) is 11.1. The van der Waals surface area contributed by atoms with Crippen LogP contribution in [-0.4, -0.2) is 0 Å². The van der Waals surface area contributed by atoms with E-state index in [2.05, 4.69) is 6.92 Å². The molecule has 15 heavy (non-hydrogen) atoms. The van der Waals surface area contributed by atoms with Crippen LogP contribution < -0.4 is 5.73 Å². The molecule has 0 radical (unpaired) electrons. The van der Waals surface area contributed by atoms with E-state index in [0.29, 0.717) is 0 Å². The molecule has 0 aliphatic heterocycles. The van der Waals surface area contributed by atoms with Gasteiger partial charge in [0.1, 0.15) is 0 Å². The van der Waals surface area contributed by atoms with Gasteiger partial charge in [0.25, 0.3) is 6.43 Å². The second-order valence-corrected chi connectivity index (χ2v) is 4.60. The van der Waals surface area contributed by atoms with Gasteiger partial charge in [-0.05, 0) is 23.8 Å². The van der Waals surface area contributed by atoms with Crippen molar-refractivity contribution in [1.82, 2.24) is 0 Å². The van der Waals surface area contributed by atoms with Gasteiger partial charge in [0.2, 0.25) is 0 Å². The number of rotatable bonds is 3. The normalized spacial score (nSPS) is 20.3. The molecule has 2 rings (SSSR count). The van der Waals surface area contributed by atoms with Crippen molar-refractivity contribution >= 4 is 0 Å². The third-order valence-corrected chi connectivity index (χ3v) is 3.34. The summed E-state index contributed by atoms with van der Waals surface area (Å²) in [4.78, 5) is 0. The first kappa shape index (κ1) is 10.6. The average molecular weight is 211 g/mol. The predicted octanol–water partition coefficient (Wildman–Crippen LogP) is 3.42. The fraction of sp³-hybridized carbons (Fsp3) is 0.500. The van der Waals surface area contributed by atoms with Crippen molar-refractivity contribution in [2.75, 3.05) is 0 Å². The minimum atomic E-state index is -2.40. The van der Waals surface area contributed by atoms with E-state index < -0.39 is 6.43 Å². The Hall–Kier alpha value is -0.960. The summed E-state index contributed by atoms with van der Waals surface area (Å²) in [6, 6.07) is 6.34. The van der Waals surface area contributed by atoms with E-state index in [0.717, 1.165) is 18.4 Å². The van der Waals surface area contributed by atoms with Crippen molar-refractivity contribution in [1.29, 1.82) is 0 Å². The molecule has 1 aliphatic rings. The minimum absolute atomic E-state index is 0.0239. The van der Waals surface area contributed by atoms with Gasteiger partial charge in [-0.2, -0.15) is 0 Å². The smallest absolute Gasteiger partial charge is 0.263 e. The van der Waals surface area contributed by atoms with Gasteiger partial charge in [0, 0.05) is 11.6 Å². The first-order chi connectivity index (χ1) is 7.03. The lowest BCUT2D eigenvalue weighted by molar-refractivity contribution is 0.151. The van der Waals surface area contributed by atoms with E-state index in [4.69, 9.17) is 5.73 Å². The molecule has 1 atom stereocenters. The van der Waals surface area contributed by atoms with Gasteiger partial charge in [-0.1, -0.05) is 31.2 Å². The molecule has 1 fully saturated rings. The molecule has 82 valence electrons. The highest BCUT2D eigenvalue weighted by Crippen LogP contribution is 2.53. The highest BCUT2D eigenvalue weighted by atomic mass is 19.3. The topological polar surface area (TPSA) is 26.0 Å². The SMILES string of the molecule is CC1([C@@H](N)c2ccc(C(F)F)cc2)CC1. The van der Waals surface area contributed by atoms with Crippen LogP contribution in [0.4, 0.5) is 8.78 Å². The Balaban J connectivity index is 2.16. The molecule has 0 aromatic heterocycles. The van der Waals surface area contributed by atoms with Crippen LogP contribution in [0.1, 0.15) is 43.4 Å². The van der Waals surface area contributed by atoms with E-state index in [9.17, 15) is 8.78 Å². The van der Waals surface area contributed by atoms with Crippen LogP contribution in [0.25, 0.3) is 0 Å². The zero-order valence-corrected chi connectivity index (χ0v) is 8.71. The molecule has 1 saturated carbocycles. The molecule has 3 heteroatoms. The van der Waals surface area contributed by atoms with Crippen molar-refractivity contribution in [3.05, 3.63) is 35.4 Å². The molecule has 0 heterocycles. The predicted molar refractivity (Wildman–Crippen MR) is 55.7 cm³/mol. The molecule has 2 N–H and O–H groups in total.